The van der Waals surface area contributed by atoms with Crippen LogP contribution in [0.5, 0.6) is 0 Å². The number of rotatable bonds is 6. The highest BCUT2D eigenvalue weighted by atomic mass is 19.1. The fraction of sp³-hybridized carbons (Fsp3) is 0.364. The number of nitrogens with one attached hydrogen (secondary N) is 1. The van der Waals surface area contributed by atoms with Gasteiger partial charge in [0.05, 0.1) is 5.56 Å². The predicted octanol–water partition coefficient (Wildman–Crippen LogP) is 3.43. The number of halogens is 1. The van der Waals surface area contributed by atoms with Gasteiger partial charge in [0, 0.05) is 25.6 Å². The molecule has 0 bridgehead atoms. The van der Waals surface area contributed by atoms with Crippen LogP contribution in [0.1, 0.15) is 35.2 Å². The maximum atomic E-state index is 13.8. The lowest BCUT2D eigenvalue weighted by Gasteiger charge is -2.31. The Morgan fingerprint density at radius 3 is 2.37 bits per heavy atom. The molecule has 0 atom stereocenters. The summed E-state index contributed by atoms with van der Waals surface area (Å²) in [4.78, 5) is 26.4. The van der Waals surface area contributed by atoms with Gasteiger partial charge in [-0.15, -0.1) is 0 Å². The van der Waals surface area contributed by atoms with Crippen molar-refractivity contribution < 1.29 is 14.0 Å². The van der Waals surface area contributed by atoms with E-state index in [-0.39, 0.29) is 23.3 Å². The molecule has 2 aromatic rings. The molecule has 3 rings (SSSR count). The molecule has 0 saturated carbocycles. The Kier molecular flexibility index (Phi) is 6.58. The summed E-state index contributed by atoms with van der Waals surface area (Å²) >= 11 is 0. The Balaban J connectivity index is 1.40. The van der Waals surface area contributed by atoms with Crippen molar-refractivity contribution in [2.24, 2.45) is 5.92 Å². The molecule has 0 radical (unpaired) electrons. The molecule has 0 spiro atoms. The van der Waals surface area contributed by atoms with Crippen molar-refractivity contribution in [2.75, 3.05) is 19.6 Å². The molecule has 1 aliphatic heterocycles. The maximum absolute atomic E-state index is 13.8. The summed E-state index contributed by atoms with van der Waals surface area (Å²) < 4.78 is 13.8. The number of nitrogens with zero attached hydrogens (tertiary/aromatic N) is 1. The molecule has 1 heterocycles. The Labute approximate surface area is 159 Å². The van der Waals surface area contributed by atoms with Crippen molar-refractivity contribution in [3.05, 3.63) is 71.5 Å². The van der Waals surface area contributed by atoms with E-state index in [0.29, 0.717) is 32.5 Å². The number of carbonyl (C=O) groups is 2. The van der Waals surface area contributed by atoms with Crippen LogP contribution in [0.2, 0.25) is 0 Å². The van der Waals surface area contributed by atoms with Gasteiger partial charge in [0.2, 0.25) is 5.91 Å². The summed E-state index contributed by atoms with van der Waals surface area (Å²) in [5.74, 6) is -0.817. The summed E-state index contributed by atoms with van der Waals surface area (Å²) in [6, 6.07) is 16.2. The van der Waals surface area contributed by atoms with Crippen molar-refractivity contribution in [2.45, 2.75) is 25.7 Å². The van der Waals surface area contributed by atoms with E-state index < -0.39 is 5.82 Å². The van der Waals surface area contributed by atoms with Crippen LogP contribution in [0, 0.1) is 11.7 Å². The second kappa shape index (κ2) is 9.31. The van der Waals surface area contributed by atoms with Gasteiger partial charge in [0.1, 0.15) is 5.82 Å². The molecule has 1 aliphatic rings. The lowest BCUT2D eigenvalue weighted by molar-refractivity contribution is -0.126. The minimum atomic E-state index is -0.499. The van der Waals surface area contributed by atoms with E-state index in [9.17, 15) is 14.0 Å². The monoisotopic (exact) mass is 368 g/mol. The molecule has 2 aromatic carbocycles. The first-order valence-electron chi connectivity index (χ1n) is 9.50. The summed E-state index contributed by atoms with van der Waals surface area (Å²) in [6.07, 6.45) is 3.08. The van der Waals surface area contributed by atoms with Crippen molar-refractivity contribution in [3.63, 3.8) is 0 Å². The van der Waals surface area contributed by atoms with E-state index in [1.165, 1.54) is 17.7 Å². The molecular weight excluding hydrogens is 343 g/mol. The van der Waals surface area contributed by atoms with Crippen LogP contribution in [-0.4, -0.2) is 36.3 Å². The average Bonchev–Trinajstić information content (AvgIpc) is 2.72. The van der Waals surface area contributed by atoms with E-state index in [2.05, 4.69) is 17.4 Å². The van der Waals surface area contributed by atoms with Crippen LogP contribution in [0.25, 0.3) is 0 Å². The quantitative estimate of drug-likeness (QED) is 0.794. The van der Waals surface area contributed by atoms with Crippen LogP contribution >= 0.6 is 0 Å². The number of benzene rings is 2. The van der Waals surface area contributed by atoms with E-state index >= 15 is 0 Å². The highest BCUT2D eigenvalue weighted by Gasteiger charge is 2.28. The van der Waals surface area contributed by atoms with Gasteiger partial charge in [-0.1, -0.05) is 42.5 Å². The zero-order valence-electron chi connectivity index (χ0n) is 15.4. The number of carbonyl (C=O) groups excluding carboxylic acids is 2. The third-order valence-corrected chi connectivity index (χ3v) is 5.04. The van der Waals surface area contributed by atoms with Gasteiger partial charge >= 0.3 is 0 Å². The lowest BCUT2D eigenvalue weighted by atomic mass is 9.95. The zero-order chi connectivity index (χ0) is 19.1. The molecular formula is C22H25FN2O2. The van der Waals surface area contributed by atoms with Gasteiger partial charge < -0.3 is 10.2 Å². The number of aryl methyl sites for hydroxylation is 1. The Bertz CT molecular complexity index is 771. The summed E-state index contributed by atoms with van der Waals surface area (Å²) in [5, 5.41) is 3.01. The van der Waals surface area contributed by atoms with Crippen molar-refractivity contribution in [3.8, 4) is 0 Å². The molecule has 2 amide bonds. The molecule has 1 fully saturated rings. The summed E-state index contributed by atoms with van der Waals surface area (Å²) in [5.41, 5.74) is 1.37. The second-order valence-electron chi connectivity index (χ2n) is 6.93. The molecule has 142 valence electrons. The Hall–Kier alpha value is -2.69. The molecule has 1 N–H and O–H groups in total. The normalized spacial score (nSPS) is 14.8. The molecule has 0 unspecified atom stereocenters. The first-order chi connectivity index (χ1) is 13.1. The SMILES string of the molecule is O=C(NCCCc1ccccc1)C1CCN(C(=O)c2ccccc2F)CC1. The Morgan fingerprint density at radius 1 is 1.00 bits per heavy atom. The first-order valence-corrected chi connectivity index (χ1v) is 9.50. The maximum Gasteiger partial charge on any atom is 0.256 e. The van der Waals surface area contributed by atoms with Gasteiger partial charge in [-0.3, -0.25) is 9.59 Å². The first kappa shape index (κ1) is 19.1. The Morgan fingerprint density at radius 2 is 1.67 bits per heavy atom. The summed E-state index contributed by atoms with van der Waals surface area (Å²) in [7, 11) is 0. The molecule has 4 nitrogen and oxygen atoms in total. The van der Waals surface area contributed by atoms with Crippen molar-refractivity contribution in [1.82, 2.24) is 10.2 Å². The van der Waals surface area contributed by atoms with Gasteiger partial charge in [-0.25, -0.2) is 4.39 Å². The van der Waals surface area contributed by atoms with Gasteiger partial charge in [-0.05, 0) is 43.4 Å². The van der Waals surface area contributed by atoms with Crippen LogP contribution in [-0.2, 0) is 11.2 Å². The van der Waals surface area contributed by atoms with E-state index in [4.69, 9.17) is 0 Å². The minimum Gasteiger partial charge on any atom is -0.356 e. The molecule has 0 aromatic heterocycles. The molecule has 1 saturated heterocycles. The topological polar surface area (TPSA) is 49.4 Å². The molecule has 5 heteroatoms. The highest BCUT2D eigenvalue weighted by Crippen LogP contribution is 2.20. The number of amides is 2. The number of hydrogen-bond donors (Lipinski definition) is 1. The molecule has 0 aliphatic carbocycles. The fourth-order valence-corrected chi connectivity index (χ4v) is 3.44. The average molecular weight is 368 g/mol. The van der Waals surface area contributed by atoms with Crippen LogP contribution in [0.3, 0.4) is 0 Å². The van der Waals surface area contributed by atoms with Gasteiger partial charge in [0.15, 0.2) is 0 Å². The van der Waals surface area contributed by atoms with E-state index in [1.54, 1.807) is 17.0 Å². The number of hydrogen-bond acceptors (Lipinski definition) is 2. The predicted molar refractivity (Wildman–Crippen MR) is 103 cm³/mol. The lowest BCUT2D eigenvalue weighted by Crippen LogP contribution is -2.43. The van der Waals surface area contributed by atoms with Gasteiger partial charge in [-0.2, -0.15) is 0 Å². The van der Waals surface area contributed by atoms with Crippen molar-refractivity contribution in [1.29, 1.82) is 0 Å². The fourth-order valence-electron chi connectivity index (χ4n) is 3.44. The molecule has 27 heavy (non-hydrogen) atoms. The standard InChI is InChI=1S/C22H25FN2O2/c23-20-11-5-4-10-19(20)22(27)25-15-12-18(13-16-25)21(26)24-14-6-9-17-7-2-1-3-8-17/h1-5,7-8,10-11,18H,6,9,12-16H2,(H,24,26). The van der Waals surface area contributed by atoms with E-state index in [1.807, 2.05) is 18.2 Å². The third kappa shape index (κ3) is 5.16. The largest absolute Gasteiger partial charge is 0.356 e. The smallest absolute Gasteiger partial charge is 0.256 e. The van der Waals surface area contributed by atoms with Gasteiger partial charge in [0.25, 0.3) is 5.91 Å². The summed E-state index contributed by atoms with van der Waals surface area (Å²) in [6.45, 7) is 1.62. The van der Waals surface area contributed by atoms with Crippen LogP contribution in [0.15, 0.2) is 54.6 Å². The minimum absolute atomic E-state index is 0.0565. The second-order valence-corrected chi connectivity index (χ2v) is 6.93. The van der Waals surface area contributed by atoms with E-state index in [0.717, 1.165) is 12.8 Å². The van der Waals surface area contributed by atoms with Crippen molar-refractivity contribution >= 4 is 11.8 Å². The number of piperidine rings is 1. The highest BCUT2D eigenvalue weighted by molar-refractivity contribution is 5.94. The third-order valence-electron chi connectivity index (χ3n) is 5.04. The zero-order valence-corrected chi connectivity index (χ0v) is 15.4. The number of likely N-dealkylation sites (tertiary alicyclic amines) is 1. The van der Waals surface area contributed by atoms with Crippen LogP contribution < -0.4 is 5.32 Å². The van der Waals surface area contributed by atoms with Crippen LogP contribution in [0.4, 0.5) is 4.39 Å².